The van der Waals surface area contributed by atoms with Crippen LogP contribution in [-0.4, -0.2) is 38.2 Å². The lowest BCUT2D eigenvalue weighted by Crippen LogP contribution is -2.23. The summed E-state index contributed by atoms with van der Waals surface area (Å²) in [5.74, 6) is 0.607. The number of anilines is 2. The van der Waals surface area contributed by atoms with E-state index in [9.17, 15) is 4.79 Å². The van der Waals surface area contributed by atoms with Gasteiger partial charge in [-0.3, -0.25) is 4.79 Å². The van der Waals surface area contributed by atoms with Crippen LogP contribution in [0.3, 0.4) is 0 Å². The quantitative estimate of drug-likeness (QED) is 0.579. The third-order valence-corrected chi connectivity index (χ3v) is 4.66. The average Bonchev–Trinajstić information content (AvgIpc) is 3.21. The lowest BCUT2D eigenvalue weighted by atomic mass is 10.1. The van der Waals surface area contributed by atoms with E-state index in [1.807, 2.05) is 66.5 Å². The standard InChI is InChI=1S/C20H19N7O/c1-14(26(2)19-12-11-18-22-24-25-27(18)23-19)16-9-6-10-17(13-16)21-20(28)15-7-4-3-5-8-15/h3-14H,1-2H3,(H,21,28)/t14-/m0/s1. The topological polar surface area (TPSA) is 88.3 Å². The largest absolute Gasteiger partial charge is 0.351 e. The Labute approximate surface area is 161 Å². The molecule has 8 heteroatoms. The van der Waals surface area contributed by atoms with Crippen LogP contribution in [0.5, 0.6) is 0 Å². The number of hydrogen-bond acceptors (Lipinski definition) is 6. The molecule has 0 bridgehead atoms. The minimum atomic E-state index is -0.135. The Balaban J connectivity index is 1.53. The second-order valence-corrected chi connectivity index (χ2v) is 6.45. The van der Waals surface area contributed by atoms with Gasteiger partial charge in [-0.25, -0.2) is 0 Å². The van der Waals surface area contributed by atoms with Crippen molar-refractivity contribution in [2.24, 2.45) is 0 Å². The minimum absolute atomic E-state index is 0.0232. The molecule has 0 unspecified atom stereocenters. The summed E-state index contributed by atoms with van der Waals surface area (Å²) in [7, 11) is 1.96. The van der Waals surface area contributed by atoms with Gasteiger partial charge >= 0.3 is 0 Å². The lowest BCUT2D eigenvalue weighted by molar-refractivity contribution is 0.102. The Hall–Kier alpha value is -3.81. The number of carbonyl (C=O) groups excluding carboxylic acids is 1. The van der Waals surface area contributed by atoms with E-state index in [1.165, 1.54) is 4.63 Å². The fourth-order valence-electron chi connectivity index (χ4n) is 2.92. The van der Waals surface area contributed by atoms with Crippen LogP contribution < -0.4 is 10.2 Å². The van der Waals surface area contributed by atoms with Crippen molar-refractivity contribution >= 4 is 23.1 Å². The van der Waals surface area contributed by atoms with Crippen molar-refractivity contribution < 1.29 is 4.79 Å². The van der Waals surface area contributed by atoms with E-state index < -0.39 is 0 Å². The first kappa shape index (κ1) is 17.6. The summed E-state index contributed by atoms with van der Waals surface area (Å²) >= 11 is 0. The summed E-state index contributed by atoms with van der Waals surface area (Å²) < 4.78 is 1.40. The van der Waals surface area contributed by atoms with Gasteiger partial charge in [0.15, 0.2) is 11.5 Å². The zero-order chi connectivity index (χ0) is 19.5. The van der Waals surface area contributed by atoms with E-state index in [2.05, 4.69) is 32.9 Å². The fraction of sp³-hybridized carbons (Fsp3) is 0.150. The van der Waals surface area contributed by atoms with E-state index >= 15 is 0 Å². The van der Waals surface area contributed by atoms with Gasteiger partial charge in [-0.15, -0.1) is 14.8 Å². The first-order valence-electron chi connectivity index (χ1n) is 8.86. The van der Waals surface area contributed by atoms with Crippen LogP contribution in [0.15, 0.2) is 66.7 Å². The van der Waals surface area contributed by atoms with Gasteiger partial charge in [0.25, 0.3) is 5.91 Å². The van der Waals surface area contributed by atoms with Crippen LogP contribution >= 0.6 is 0 Å². The molecule has 4 rings (SSSR count). The van der Waals surface area contributed by atoms with Gasteiger partial charge in [-0.1, -0.05) is 30.3 Å². The molecule has 0 fully saturated rings. The number of rotatable bonds is 5. The smallest absolute Gasteiger partial charge is 0.255 e. The molecule has 0 radical (unpaired) electrons. The number of carbonyl (C=O) groups is 1. The molecule has 2 aromatic carbocycles. The summed E-state index contributed by atoms with van der Waals surface area (Å²) in [5.41, 5.74) is 3.01. The number of hydrogen-bond donors (Lipinski definition) is 1. The van der Waals surface area contributed by atoms with E-state index in [4.69, 9.17) is 0 Å². The number of benzene rings is 2. The van der Waals surface area contributed by atoms with E-state index in [0.717, 1.165) is 17.1 Å². The van der Waals surface area contributed by atoms with Crippen molar-refractivity contribution in [2.75, 3.05) is 17.3 Å². The highest BCUT2D eigenvalue weighted by Crippen LogP contribution is 2.25. The van der Waals surface area contributed by atoms with Crippen LogP contribution in [0.2, 0.25) is 0 Å². The molecule has 2 heterocycles. The molecule has 0 aliphatic rings. The molecule has 140 valence electrons. The normalized spacial score (nSPS) is 11.9. The molecule has 0 aliphatic heterocycles. The van der Waals surface area contributed by atoms with Crippen LogP contribution in [0.1, 0.15) is 28.9 Å². The third-order valence-electron chi connectivity index (χ3n) is 4.66. The molecule has 2 aromatic heterocycles. The number of amides is 1. The van der Waals surface area contributed by atoms with Crippen LogP contribution in [-0.2, 0) is 0 Å². The Morgan fingerprint density at radius 1 is 1.07 bits per heavy atom. The number of aromatic nitrogens is 5. The number of nitrogens with one attached hydrogen (secondary N) is 1. The first-order chi connectivity index (χ1) is 13.6. The minimum Gasteiger partial charge on any atom is -0.351 e. The lowest BCUT2D eigenvalue weighted by Gasteiger charge is -2.26. The molecular formula is C20H19N7O. The van der Waals surface area contributed by atoms with Gasteiger partial charge in [0, 0.05) is 18.3 Å². The zero-order valence-corrected chi connectivity index (χ0v) is 15.5. The van der Waals surface area contributed by atoms with Crippen molar-refractivity contribution in [3.63, 3.8) is 0 Å². The van der Waals surface area contributed by atoms with Gasteiger partial charge in [0.05, 0.1) is 6.04 Å². The Morgan fingerprint density at radius 3 is 2.71 bits per heavy atom. The van der Waals surface area contributed by atoms with E-state index in [0.29, 0.717) is 11.2 Å². The van der Waals surface area contributed by atoms with Crippen LogP contribution in [0, 0.1) is 0 Å². The predicted molar refractivity (Wildman–Crippen MR) is 106 cm³/mol. The fourth-order valence-corrected chi connectivity index (χ4v) is 2.92. The Morgan fingerprint density at radius 2 is 1.89 bits per heavy atom. The van der Waals surface area contributed by atoms with Gasteiger partial charge in [-0.05, 0) is 59.3 Å². The summed E-state index contributed by atoms with van der Waals surface area (Å²) in [6.45, 7) is 2.07. The SMILES string of the molecule is C[C@@H](c1cccc(NC(=O)c2ccccc2)c1)N(C)c1ccc2nnnn2n1. The monoisotopic (exact) mass is 373 g/mol. The number of nitrogens with zero attached hydrogens (tertiary/aromatic N) is 6. The Bertz CT molecular complexity index is 1110. The van der Waals surface area contributed by atoms with Gasteiger partial charge < -0.3 is 10.2 Å². The van der Waals surface area contributed by atoms with Crippen molar-refractivity contribution in [2.45, 2.75) is 13.0 Å². The molecular weight excluding hydrogens is 354 g/mol. The molecule has 28 heavy (non-hydrogen) atoms. The third kappa shape index (κ3) is 3.52. The molecule has 0 saturated carbocycles. The molecule has 4 aromatic rings. The molecule has 1 atom stereocenters. The molecule has 8 nitrogen and oxygen atoms in total. The molecule has 0 spiro atoms. The summed E-state index contributed by atoms with van der Waals surface area (Å²) in [5, 5.41) is 18.7. The summed E-state index contributed by atoms with van der Waals surface area (Å²) in [6, 6.07) is 20.7. The van der Waals surface area contributed by atoms with Gasteiger partial charge in [0.2, 0.25) is 0 Å². The second-order valence-electron chi connectivity index (χ2n) is 6.45. The van der Waals surface area contributed by atoms with Crippen molar-refractivity contribution in [1.29, 1.82) is 0 Å². The van der Waals surface area contributed by atoms with Crippen LogP contribution in [0.25, 0.3) is 5.65 Å². The maximum absolute atomic E-state index is 12.4. The molecule has 1 N–H and O–H groups in total. The Kier molecular flexibility index (Phi) is 4.67. The number of tetrazole rings is 1. The van der Waals surface area contributed by atoms with Gasteiger partial charge in [-0.2, -0.15) is 0 Å². The predicted octanol–water partition coefficient (Wildman–Crippen LogP) is 2.97. The van der Waals surface area contributed by atoms with E-state index in [1.54, 1.807) is 12.1 Å². The van der Waals surface area contributed by atoms with E-state index in [-0.39, 0.29) is 11.9 Å². The number of fused-ring (bicyclic) bond motifs is 1. The van der Waals surface area contributed by atoms with Crippen molar-refractivity contribution in [3.8, 4) is 0 Å². The van der Waals surface area contributed by atoms with Crippen molar-refractivity contribution in [3.05, 3.63) is 77.9 Å². The molecule has 0 aliphatic carbocycles. The van der Waals surface area contributed by atoms with Gasteiger partial charge in [0.1, 0.15) is 0 Å². The first-order valence-corrected chi connectivity index (χ1v) is 8.86. The molecule has 0 saturated heterocycles. The van der Waals surface area contributed by atoms with Crippen LogP contribution in [0.4, 0.5) is 11.5 Å². The summed E-state index contributed by atoms with van der Waals surface area (Å²) in [4.78, 5) is 14.4. The highest BCUT2D eigenvalue weighted by Gasteiger charge is 2.16. The highest BCUT2D eigenvalue weighted by molar-refractivity contribution is 6.04. The summed E-state index contributed by atoms with van der Waals surface area (Å²) in [6.07, 6.45) is 0. The highest BCUT2D eigenvalue weighted by atomic mass is 16.1. The molecule has 1 amide bonds. The zero-order valence-electron chi connectivity index (χ0n) is 15.5. The average molecular weight is 373 g/mol. The van der Waals surface area contributed by atoms with Crippen molar-refractivity contribution in [1.82, 2.24) is 25.3 Å². The maximum Gasteiger partial charge on any atom is 0.255 e. The second kappa shape index (κ2) is 7.43. The maximum atomic E-state index is 12.4.